The summed E-state index contributed by atoms with van der Waals surface area (Å²) in [6.45, 7) is 7.05. The van der Waals surface area contributed by atoms with Gasteiger partial charge < -0.3 is 14.5 Å². The first-order valence-electron chi connectivity index (χ1n) is 12.0. The summed E-state index contributed by atoms with van der Waals surface area (Å²) in [7, 11) is 0. The van der Waals surface area contributed by atoms with Crippen molar-refractivity contribution in [2.24, 2.45) is 5.92 Å². The third-order valence-corrected chi connectivity index (χ3v) is 7.64. The zero-order valence-electron chi connectivity index (χ0n) is 19.7. The molecule has 3 aromatic carbocycles. The molecule has 7 heteroatoms. The number of aromatic nitrogens is 2. The molecule has 2 aliphatic rings. The van der Waals surface area contributed by atoms with Crippen molar-refractivity contribution in [1.29, 1.82) is 0 Å². The number of hydrogen-bond donors (Lipinski definition) is 2. The fourth-order valence-electron chi connectivity index (χ4n) is 6.15. The number of benzene rings is 3. The Morgan fingerprint density at radius 3 is 2.43 bits per heavy atom. The summed E-state index contributed by atoms with van der Waals surface area (Å²) in [5.74, 6) is -0.670. The van der Waals surface area contributed by atoms with Crippen molar-refractivity contribution in [3.8, 4) is 0 Å². The second kappa shape index (κ2) is 6.72. The number of hydrogen-bond acceptors (Lipinski definition) is 3. The SMILES string of the molecule is CC(C)C(=O)N1Cc2cccc3c4c5c(c6c7ccccc7[nH]c6c4n(c23)CC1C)C(=O)NC5=O. The highest BCUT2D eigenvalue weighted by Crippen LogP contribution is 2.45. The molecule has 5 aromatic rings. The molecule has 3 amide bonds. The van der Waals surface area contributed by atoms with Gasteiger partial charge in [-0.15, -0.1) is 0 Å². The molecule has 2 aromatic heterocycles. The Hall–Kier alpha value is -4.13. The molecule has 0 spiro atoms. The van der Waals surface area contributed by atoms with Crippen LogP contribution in [-0.4, -0.2) is 38.2 Å². The van der Waals surface area contributed by atoms with E-state index >= 15 is 0 Å². The van der Waals surface area contributed by atoms with Crippen molar-refractivity contribution in [3.63, 3.8) is 0 Å². The number of para-hydroxylation sites is 2. The molecule has 2 aliphatic heterocycles. The van der Waals surface area contributed by atoms with Crippen molar-refractivity contribution in [2.45, 2.75) is 39.9 Å². The van der Waals surface area contributed by atoms with Crippen LogP contribution in [0.5, 0.6) is 0 Å². The molecule has 1 atom stereocenters. The van der Waals surface area contributed by atoms with Crippen molar-refractivity contribution in [2.75, 3.05) is 0 Å². The standard InChI is InChI=1S/C28H24N4O3/c1-13(2)28(35)31-12-15-7-6-9-17-20-22-21(26(33)30-27(22)34)19-16-8-4-5-10-18(16)29-23(19)25(20)32(24(15)17)11-14(31)3/h4-10,13-14,29H,11-12H2,1-3H3,(H,30,33,34). The van der Waals surface area contributed by atoms with E-state index in [1.165, 1.54) is 0 Å². The molecule has 0 saturated carbocycles. The topological polar surface area (TPSA) is 87.2 Å². The highest BCUT2D eigenvalue weighted by atomic mass is 16.2. The van der Waals surface area contributed by atoms with Crippen LogP contribution < -0.4 is 5.32 Å². The third-order valence-electron chi connectivity index (χ3n) is 7.64. The van der Waals surface area contributed by atoms with Crippen LogP contribution in [0.25, 0.3) is 43.6 Å². The molecular weight excluding hydrogens is 440 g/mol. The van der Waals surface area contributed by atoms with Gasteiger partial charge in [-0.1, -0.05) is 50.2 Å². The first-order chi connectivity index (χ1) is 16.9. The van der Waals surface area contributed by atoms with Gasteiger partial charge in [-0.25, -0.2) is 0 Å². The van der Waals surface area contributed by atoms with Crippen LogP contribution in [-0.2, 0) is 17.9 Å². The van der Waals surface area contributed by atoms with Crippen LogP contribution in [0.1, 0.15) is 47.1 Å². The monoisotopic (exact) mass is 464 g/mol. The lowest BCUT2D eigenvalue weighted by Gasteiger charge is -2.29. The van der Waals surface area contributed by atoms with Gasteiger partial charge in [0, 0.05) is 52.1 Å². The fourth-order valence-corrected chi connectivity index (χ4v) is 6.15. The predicted molar refractivity (Wildman–Crippen MR) is 135 cm³/mol. The smallest absolute Gasteiger partial charge is 0.259 e. The van der Waals surface area contributed by atoms with Gasteiger partial charge in [0.15, 0.2) is 0 Å². The lowest BCUT2D eigenvalue weighted by molar-refractivity contribution is -0.137. The maximum absolute atomic E-state index is 13.2. The highest BCUT2D eigenvalue weighted by Gasteiger charge is 2.37. The van der Waals surface area contributed by atoms with Crippen molar-refractivity contribution >= 4 is 61.3 Å². The number of nitrogens with one attached hydrogen (secondary N) is 2. The Morgan fingerprint density at radius 1 is 0.943 bits per heavy atom. The normalized spacial score (nSPS) is 17.7. The number of nitrogens with zero attached hydrogens (tertiary/aromatic N) is 2. The fraction of sp³-hybridized carbons (Fsp3) is 0.250. The molecule has 174 valence electrons. The summed E-state index contributed by atoms with van der Waals surface area (Å²) in [4.78, 5) is 44.9. The maximum Gasteiger partial charge on any atom is 0.259 e. The molecule has 0 bridgehead atoms. The first kappa shape index (κ1) is 20.3. The molecule has 0 fully saturated rings. The van der Waals surface area contributed by atoms with E-state index in [1.54, 1.807) is 0 Å². The third kappa shape index (κ3) is 2.47. The lowest BCUT2D eigenvalue weighted by atomic mass is 9.96. The van der Waals surface area contributed by atoms with E-state index in [4.69, 9.17) is 0 Å². The molecule has 0 saturated heterocycles. The highest BCUT2D eigenvalue weighted by molar-refractivity contribution is 6.39. The van der Waals surface area contributed by atoms with E-state index in [-0.39, 0.29) is 29.7 Å². The van der Waals surface area contributed by atoms with E-state index in [1.807, 2.05) is 55.1 Å². The van der Waals surface area contributed by atoms with Crippen LogP contribution in [0.3, 0.4) is 0 Å². The van der Waals surface area contributed by atoms with Crippen LogP contribution in [0, 0.1) is 5.92 Å². The van der Waals surface area contributed by atoms with Crippen LogP contribution >= 0.6 is 0 Å². The number of fused-ring (bicyclic) bond motifs is 10. The van der Waals surface area contributed by atoms with Gasteiger partial charge in [0.1, 0.15) is 0 Å². The van der Waals surface area contributed by atoms with Gasteiger partial charge in [0.05, 0.1) is 27.7 Å². The van der Waals surface area contributed by atoms with Gasteiger partial charge in [-0.2, -0.15) is 0 Å². The summed E-state index contributed by atoms with van der Waals surface area (Å²) >= 11 is 0. The molecule has 7 rings (SSSR count). The Balaban J connectivity index is 1.69. The summed E-state index contributed by atoms with van der Waals surface area (Å²) in [6.07, 6.45) is 0. The van der Waals surface area contributed by atoms with Crippen molar-refractivity contribution < 1.29 is 14.4 Å². The van der Waals surface area contributed by atoms with E-state index in [9.17, 15) is 14.4 Å². The van der Waals surface area contributed by atoms with Gasteiger partial charge >= 0.3 is 0 Å². The lowest BCUT2D eigenvalue weighted by Crippen LogP contribution is -2.41. The number of carbonyl (C=O) groups excluding carboxylic acids is 3. The van der Waals surface area contributed by atoms with Gasteiger partial charge in [-0.05, 0) is 18.6 Å². The summed E-state index contributed by atoms with van der Waals surface area (Å²) < 4.78 is 2.26. The van der Waals surface area contributed by atoms with Crippen molar-refractivity contribution in [1.82, 2.24) is 19.8 Å². The van der Waals surface area contributed by atoms with E-state index < -0.39 is 0 Å². The average molecular weight is 465 g/mol. The second-order valence-corrected chi connectivity index (χ2v) is 10.1. The number of imide groups is 1. The van der Waals surface area contributed by atoms with E-state index in [2.05, 4.69) is 27.9 Å². The van der Waals surface area contributed by atoms with E-state index in [0.29, 0.717) is 24.2 Å². The molecular formula is C28H24N4O3. The largest absolute Gasteiger partial charge is 0.353 e. The maximum atomic E-state index is 13.2. The summed E-state index contributed by atoms with van der Waals surface area (Å²) in [6, 6.07) is 13.9. The molecule has 2 N–H and O–H groups in total. The first-order valence-corrected chi connectivity index (χ1v) is 12.0. The van der Waals surface area contributed by atoms with Gasteiger partial charge in [-0.3, -0.25) is 19.7 Å². The molecule has 35 heavy (non-hydrogen) atoms. The van der Waals surface area contributed by atoms with Gasteiger partial charge in [0.2, 0.25) is 5.91 Å². The number of aromatic amines is 1. The summed E-state index contributed by atoms with van der Waals surface area (Å²) in [5.41, 5.74) is 5.64. The second-order valence-electron chi connectivity index (χ2n) is 10.1. The predicted octanol–water partition coefficient (Wildman–Crippen LogP) is 4.70. The zero-order chi connectivity index (χ0) is 24.2. The van der Waals surface area contributed by atoms with Crippen molar-refractivity contribution in [3.05, 3.63) is 59.2 Å². The molecule has 0 radical (unpaired) electrons. The van der Waals surface area contributed by atoms with Gasteiger partial charge in [0.25, 0.3) is 11.8 Å². The molecule has 7 nitrogen and oxygen atoms in total. The average Bonchev–Trinajstić information content (AvgIpc) is 3.43. The Bertz CT molecular complexity index is 1790. The number of amides is 3. The minimum atomic E-state index is -0.354. The Morgan fingerprint density at radius 2 is 1.66 bits per heavy atom. The minimum absolute atomic E-state index is 0.0424. The van der Waals surface area contributed by atoms with Crippen LogP contribution in [0.2, 0.25) is 0 Å². The summed E-state index contributed by atoms with van der Waals surface area (Å²) in [5, 5.41) is 5.98. The molecule has 0 aliphatic carbocycles. The Labute approximate surface area is 200 Å². The Kier molecular flexibility index (Phi) is 3.89. The van der Waals surface area contributed by atoms with E-state index in [0.717, 1.165) is 49.2 Å². The van der Waals surface area contributed by atoms with Crippen LogP contribution in [0.15, 0.2) is 42.5 Å². The number of carbonyl (C=O) groups is 3. The zero-order valence-corrected chi connectivity index (χ0v) is 19.7. The molecule has 4 heterocycles. The van der Waals surface area contributed by atoms with Crippen LogP contribution in [0.4, 0.5) is 0 Å². The quantitative estimate of drug-likeness (QED) is 0.353. The molecule has 1 unspecified atom stereocenters. The number of H-pyrrole nitrogens is 1. The number of rotatable bonds is 1. The minimum Gasteiger partial charge on any atom is -0.353 e.